The highest BCUT2D eigenvalue weighted by atomic mass is 35.6. The van der Waals surface area contributed by atoms with Crippen molar-refractivity contribution in [1.82, 2.24) is 5.06 Å². The molecule has 0 heterocycles. The highest BCUT2D eigenvalue weighted by molar-refractivity contribution is 7.80. The number of carboxylic acid groups (broad SMARTS) is 1. The molecule has 0 aliphatic carbocycles. The number of halogens is 6. The van der Waals surface area contributed by atoms with E-state index in [-0.39, 0.29) is 5.75 Å². The molecule has 1 atom stereocenters. The van der Waals surface area contributed by atoms with Gasteiger partial charge >= 0.3 is 12.1 Å². The van der Waals surface area contributed by atoms with Gasteiger partial charge in [-0.1, -0.05) is 69.6 Å². The molecule has 0 aliphatic heterocycles. The number of carbonyl (C=O) groups excluding carboxylic acids is 1. The van der Waals surface area contributed by atoms with Crippen molar-refractivity contribution in [3.8, 4) is 0 Å². The Morgan fingerprint density at radius 2 is 1.67 bits per heavy atom. The maximum atomic E-state index is 11.4. The summed E-state index contributed by atoms with van der Waals surface area (Å²) in [5, 5.41) is 9.60. The van der Waals surface area contributed by atoms with Crippen LogP contribution in [-0.4, -0.2) is 54.8 Å². The molecule has 0 rings (SSSR count). The van der Waals surface area contributed by atoms with Gasteiger partial charge in [0.2, 0.25) is 7.59 Å². The van der Waals surface area contributed by atoms with Crippen molar-refractivity contribution in [3.63, 3.8) is 0 Å². The summed E-state index contributed by atoms with van der Waals surface area (Å²) >= 11 is 36.6. The molecule has 0 aromatic rings. The first-order chi connectivity index (χ1) is 9.35. The molecule has 0 amide bonds. The van der Waals surface area contributed by atoms with Gasteiger partial charge in [-0.2, -0.15) is 12.6 Å². The molecule has 0 aromatic carbocycles. The third kappa shape index (κ3) is 11.0. The van der Waals surface area contributed by atoms with Gasteiger partial charge in [0.1, 0.15) is 6.61 Å². The lowest BCUT2D eigenvalue weighted by Crippen LogP contribution is -2.47. The van der Waals surface area contributed by atoms with Gasteiger partial charge in [-0.25, -0.2) is 4.79 Å². The van der Waals surface area contributed by atoms with Crippen molar-refractivity contribution in [3.05, 3.63) is 0 Å². The molecule has 0 spiro atoms. The lowest BCUT2D eigenvalue weighted by atomic mass is 10.3. The summed E-state index contributed by atoms with van der Waals surface area (Å²) in [4.78, 5) is 27.1. The van der Waals surface area contributed by atoms with Gasteiger partial charge in [0.05, 0.1) is 6.54 Å². The van der Waals surface area contributed by atoms with Gasteiger partial charge in [-0.15, -0.1) is 5.06 Å². The molecule has 0 fully saturated rings. The third-order valence-corrected chi connectivity index (χ3v) is 2.72. The maximum absolute atomic E-state index is 11.4. The highest BCUT2D eigenvalue weighted by Crippen LogP contribution is 2.29. The van der Waals surface area contributed by atoms with Crippen molar-refractivity contribution in [1.29, 1.82) is 0 Å². The minimum Gasteiger partial charge on any atom is -0.480 e. The Morgan fingerprint density at radius 3 is 2.00 bits per heavy atom. The molecule has 0 saturated carbocycles. The van der Waals surface area contributed by atoms with Gasteiger partial charge in [0, 0.05) is 5.75 Å². The number of hydrogen-bond acceptors (Lipinski definition) is 6. The van der Waals surface area contributed by atoms with Crippen molar-refractivity contribution in [2.75, 3.05) is 18.9 Å². The number of carboxylic acids is 1. The number of carbonyl (C=O) groups is 2. The first-order valence-corrected chi connectivity index (χ1v) is 7.84. The summed E-state index contributed by atoms with van der Waals surface area (Å²) in [6, 6.07) is -1.37. The van der Waals surface area contributed by atoms with Crippen LogP contribution in [0.1, 0.15) is 0 Å². The quantitative estimate of drug-likeness (QED) is 0.283. The minimum atomic E-state index is -1.91. The standard InChI is InChI=1S/C8H9Cl6NO5S/c9-7(10,11)2-15(4(1-21)5(16)17)20-6(18)19-3-8(12,13)14/h4,21H,1-3H2,(H,16,17)/t4-/m1/s1. The van der Waals surface area contributed by atoms with Crippen LogP contribution in [0.5, 0.6) is 0 Å². The Kier molecular flexibility index (Phi) is 9.52. The first-order valence-electron chi connectivity index (χ1n) is 4.94. The number of nitrogens with zero attached hydrogens (tertiary/aromatic N) is 1. The van der Waals surface area contributed by atoms with Gasteiger partial charge in [0.25, 0.3) is 0 Å². The van der Waals surface area contributed by atoms with E-state index in [9.17, 15) is 9.59 Å². The fraction of sp³-hybridized carbons (Fsp3) is 0.750. The lowest BCUT2D eigenvalue weighted by Gasteiger charge is -2.28. The molecular formula is C8H9Cl6NO5S. The van der Waals surface area contributed by atoms with Crippen LogP contribution in [0, 0.1) is 0 Å². The van der Waals surface area contributed by atoms with E-state index in [0.717, 1.165) is 0 Å². The molecule has 0 unspecified atom stereocenters. The second-order valence-electron chi connectivity index (χ2n) is 3.47. The number of hydrogen-bond donors (Lipinski definition) is 2. The Hall–Kier alpha value is 0.790. The van der Waals surface area contributed by atoms with Gasteiger partial charge < -0.3 is 14.7 Å². The molecule has 13 heteroatoms. The molecule has 0 bridgehead atoms. The maximum Gasteiger partial charge on any atom is 0.528 e. The number of ether oxygens (including phenoxy) is 1. The molecule has 0 radical (unpaired) electrons. The summed E-state index contributed by atoms with van der Waals surface area (Å²) in [6.45, 7) is -1.16. The van der Waals surface area contributed by atoms with E-state index < -0.39 is 38.9 Å². The van der Waals surface area contributed by atoms with E-state index in [1.54, 1.807) is 0 Å². The van der Waals surface area contributed by atoms with Crippen molar-refractivity contribution in [2.24, 2.45) is 0 Å². The van der Waals surface area contributed by atoms with Crippen LogP contribution in [0.2, 0.25) is 0 Å². The predicted octanol–water partition coefficient (Wildman–Crippen LogP) is 3.48. The van der Waals surface area contributed by atoms with Crippen molar-refractivity contribution in [2.45, 2.75) is 13.6 Å². The van der Waals surface area contributed by atoms with Crippen molar-refractivity contribution < 1.29 is 24.3 Å². The van der Waals surface area contributed by atoms with Gasteiger partial charge in [0.15, 0.2) is 6.04 Å². The summed E-state index contributed by atoms with van der Waals surface area (Å²) < 4.78 is 0.717. The zero-order valence-corrected chi connectivity index (χ0v) is 15.4. The Labute approximate surface area is 155 Å². The second-order valence-corrected chi connectivity index (χ2v) is 8.87. The Morgan fingerprint density at radius 1 is 1.14 bits per heavy atom. The molecule has 124 valence electrons. The van der Waals surface area contributed by atoms with E-state index in [2.05, 4.69) is 22.2 Å². The topological polar surface area (TPSA) is 76.1 Å². The van der Waals surface area contributed by atoms with Crippen LogP contribution in [-0.2, 0) is 14.4 Å². The molecule has 0 saturated heterocycles. The van der Waals surface area contributed by atoms with Crippen LogP contribution < -0.4 is 0 Å². The summed E-state index contributed by atoms with van der Waals surface area (Å²) in [5.41, 5.74) is 0. The zero-order valence-electron chi connectivity index (χ0n) is 9.94. The summed E-state index contributed by atoms with van der Waals surface area (Å²) in [7, 11) is 0. The normalized spacial score (nSPS) is 13.9. The molecule has 1 N–H and O–H groups in total. The SMILES string of the molecule is O=C(OCC(Cl)(Cl)Cl)ON(CC(Cl)(Cl)Cl)[C@H](CS)C(=O)O. The smallest absolute Gasteiger partial charge is 0.480 e. The molecular weight excluding hydrogens is 435 g/mol. The van der Waals surface area contributed by atoms with Crippen LogP contribution in [0.3, 0.4) is 0 Å². The molecule has 6 nitrogen and oxygen atoms in total. The van der Waals surface area contributed by atoms with E-state index in [1.165, 1.54) is 0 Å². The molecule has 0 aliphatic rings. The number of thiol groups is 1. The number of hydroxylamine groups is 2. The highest BCUT2D eigenvalue weighted by Gasteiger charge is 2.35. The number of aliphatic carboxylic acids is 1. The number of alkyl halides is 6. The monoisotopic (exact) mass is 441 g/mol. The van der Waals surface area contributed by atoms with Crippen LogP contribution in [0.4, 0.5) is 4.79 Å². The van der Waals surface area contributed by atoms with Gasteiger partial charge in [-0.05, 0) is 0 Å². The fourth-order valence-electron chi connectivity index (χ4n) is 0.938. The average molecular weight is 444 g/mol. The van der Waals surface area contributed by atoms with E-state index in [4.69, 9.17) is 74.7 Å². The first kappa shape index (κ1) is 21.8. The third-order valence-electron chi connectivity index (χ3n) is 1.69. The predicted molar refractivity (Wildman–Crippen MR) is 85.0 cm³/mol. The van der Waals surface area contributed by atoms with Crippen LogP contribution in [0.15, 0.2) is 0 Å². The van der Waals surface area contributed by atoms with E-state index >= 15 is 0 Å². The largest absolute Gasteiger partial charge is 0.528 e. The second kappa shape index (κ2) is 9.17. The zero-order chi connectivity index (χ0) is 16.8. The molecule has 0 aromatic heterocycles. The van der Waals surface area contributed by atoms with Crippen LogP contribution >= 0.6 is 82.2 Å². The van der Waals surface area contributed by atoms with Gasteiger partial charge in [-0.3, -0.25) is 4.79 Å². The summed E-state index contributed by atoms with van der Waals surface area (Å²) in [5.74, 6) is -1.58. The lowest BCUT2D eigenvalue weighted by molar-refractivity contribution is -0.174. The minimum absolute atomic E-state index is 0.228. The summed E-state index contributed by atoms with van der Waals surface area (Å²) in [6.07, 6.45) is -1.33. The van der Waals surface area contributed by atoms with E-state index in [0.29, 0.717) is 5.06 Å². The fourth-order valence-corrected chi connectivity index (χ4v) is 1.79. The number of rotatable bonds is 6. The van der Waals surface area contributed by atoms with Crippen molar-refractivity contribution >= 4 is 94.4 Å². The average Bonchev–Trinajstić information content (AvgIpc) is 2.23. The van der Waals surface area contributed by atoms with Crippen LogP contribution in [0.25, 0.3) is 0 Å². The van der Waals surface area contributed by atoms with E-state index in [1.807, 2.05) is 0 Å². The Bertz CT molecular complexity index is 373. The molecule has 21 heavy (non-hydrogen) atoms. The Balaban J connectivity index is 4.82.